The number of carboxylic acid groups (broad SMARTS) is 1. The van der Waals surface area contributed by atoms with Gasteiger partial charge in [0.15, 0.2) is 0 Å². The minimum atomic E-state index is -0.786. The smallest absolute Gasteiger partial charge is 0.307 e. The molecule has 0 aromatic heterocycles. The Labute approximate surface area is 97.7 Å². The van der Waals surface area contributed by atoms with Gasteiger partial charge in [0, 0.05) is 17.0 Å². The predicted octanol–water partition coefficient (Wildman–Crippen LogP) is 2.15. The zero-order chi connectivity index (χ0) is 11.1. The zero-order valence-electron chi connectivity index (χ0n) is 8.07. The highest BCUT2D eigenvalue weighted by Crippen LogP contribution is 2.28. The van der Waals surface area contributed by atoms with Crippen molar-refractivity contribution in [2.45, 2.75) is 6.92 Å². The first kappa shape index (κ1) is 13.8. The van der Waals surface area contributed by atoms with E-state index in [1.54, 1.807) is 14.0 Å². The number of carboxylic acids is 1. The number of carbonyl (C=O) groups is 1. The minimum absolute atomic E-state index is 0.361. The maximum absolute atomic E-state index is 10.5. The maximum Gasteiger partial charge on any atom is 0.307 e. The van der Waals surface area contributed by atoms with Gasteiger partial charge in [-0.2, -0.15) is 0 Å². The molecule has 0 saturated carbocycles. The number of thiocarbonyl (C=S) groups is 1. The first-order chi connectivity index (χ1) is 6.47. The van der Waals surface area contributed by atoms with Crippen LogP contribution in [0.25, 0.3) is 0 Å². The molecule has 0 aliphatic carbocycles. The fourth-order valence-corrected chi connectivity index (χ4v) is 2.51. The van der Waals surface area contributed by atoms with Crippen molar-refractivity contribution in [1.82, 2.24) is 5.32 Å². The summed E-state index contributed by atoms with van der Waals surface area (Å²) in [4.78, 5) is 10.5. The number of hydrogen-bond acceptors (Lipinski definition) is 4. The van der Waals surface area contributed by atoms with Crippen molar-refractivity contribution < 1.29 is 9.90 Å². The van der Waals surface area contributed by atoms with Crippen LogP contribution in [0, 0.1) is 5.92 Å². The van der Waals surface area contributed by atoms with E-state index in [0.29, 0.717) is 10.1 Å². The van der Waals surface area contributed by atoms with Gasteiger partial charge in [-0.15, -0.1) is 11.8 Å². The molecule has 0 fully saturated rings. The number of aliphatic carboxylic acids is 1. The van der Waals surface area contributed by atoms with Gasteiger partial charge in [0.2, 0.25) is 0 Å². The molecule has 0 aliphatic heterocycles. The van der Waals surface area contributed by atoms with E-state index in [4.69, 9.17) is 17.3 Å². The Morgan fingerprint density at radius 2 is 2.29 bits per heavy atom. The van der Waals surface area contributed by atoms with Crippen molar-refractivity contribution >= 4 is 46.0 Å². The van der Waals surface area contributed by atoms with E-state index < -0.39 is 5.97 Å². The topological polar surface area (TPSA) is 49.3 Å². The molecule has 2 N–H and O–H groups in total. The monoisotopic (exact) mass is 251 g/mol. The maximum atomic E-state index is 10.5. The summed E-state index contributed by atoms with van der Waals surface area (Å²) in [6, 6.07) is 0. The summed E-state index contributed by atoms with van der Waals surface area (Å²) in [6.07, 6.45) is 0. The van der Waals surface area contributed by atoms with Crippen molar-refractivity contribution in [2.75, 3.05) is 12.8 Å². The Kier molecular flexibility index (Phi) is 7.04. The summed E-state index contributed by atoms with van der Waals surface area (Å²) in [7, 11) is 1.74. The quantitative estimate of drug-likeness (QED) is 0.730. The number of rotatable bonds is 5. The fourth-order valence-electron chi connectivity index (χ4n) is 0.473. The molecule has 0 rings (SSSR count). The summed E-state index contributed by atoms with van der Waals surface area (Å²) in [5.41, 5.74) is 0. The lowest BCUT2D eigenvalue weighted by Crippen LogP contribution is -2.12. The standard InChI is InChI=1S/C8H13NO2S3/c1-5(7(10)11)4-13-6(2)14-8(12)9-3/h5H,2,4H2,1,3H3,(H,9,12)(H,10,11). The summed E-state index contributed by atoms with van der Waals surface area (Å²) < 4.78 is 1.46. The van der Waals surface area contributed by atoms with Crippen LogP contribution in [0.2, 0.25) is 0 Å². The van der Waals surface area contributed by atoms with Crippen LogP contribution in [0.3, 0.4) is 0 Å². The lowest BCUT2D eigenvalue weighted by Gasteiger charge is -2.07. The second-order valence-corrected chi connectivity index (χ2v) is 5.71. The molecule has 0 amide bonds. The molecule has 0 aliphatic rings. The molecule has 0 spiro atoms. The molecule has 0 radical (unpaired) electrons. The Morgan fingerprint density at radius 3 is 2.71 bits per heavy atom. The van der Waals surface area contributed by atoms with Crippen LogP contribution in [0.1, 0.15) is 6.92 Å². The normalized spacial score (nSPS) is 11.9. The first-order valence-corrected chi connectivity index (χ1v) is 6.12. The molecular weight excluding hydrogens is 238 g/mol. The van der Waals surface area contributed by atoms with Gasteiger partial charge in [-0.3, -0.25) is 4.79 Å². The molecule has 1 atom stereocenters. The molecule has 0 aromatic carbocycles. The number of nitrogens with one attached hydrogen (secondary N) is 1. The van der Waals surface area contributed by atoms with E-state index in [0.717, 1.165) is 4.24 Å². The van der Waals surface area contributed by atoms with E-state index >= 15 is 0 Å². The van der Waals surface area contributed by atoms with Crippen LogP contribution >= 0.6 is 35.7 Å². The summed E-state index contributed by atoms with van der Waals surface area (Å²) in [5.74, 6) is -0.625. The van der Waals surface area contributed by atoms with Crippen LogP contribution in [-0.4, -0.2) is 28.2 Å². The minimum Gasteiger partial charge on any atom is -0.481 e. The van der Waals surface area contributed by atoms with Gasteiger partial charge in [-0.25, -0.2) is 0 Å². The Bertz CT molecular complexity index is 243. The Balaban J connectivity index is 3.74. The summed E-state index contributed by atoms with van der Waals surface area (Å²) in [6.45, 7) is 5.45. The lowest BCUT2D eigenvalue weighted by molar-refractivity contribution is -0.140. The van der Waals surface area contributed by atoms with E-state index in [1.165, 1.54) is 23.5 Å². The van der Waals surface area contributed by atoms with Gasteiger partial charge in [0.1, 0.15) is 4.32 Å². The van der Waals surface area contributed by atoms with Crippen molar-refractivity contribution in [3.8, 4) is 0 Å². The van der Waals surface area contributed by atoms with E-state index in [9.17, 15) is 4.79 Å². The Hall–Kier alpha value is -0.200. The van der Waals surface area contributed by atoms with Gasteiger partial charge in [0.25, 0.3) is 0 Å². The second kappa shape index (κ2) is 7.14. The average Bonchev–Trinajstić information content (AvgIpc) is 2.13. The van der Waals surface area contributed by atoms with Crippen LogP contribution in [0.4, 0.5) is 0 Å². The third kappa shape index (κ3) is 6.28. The number of hydrogen-bond donors (Lipinski definition) is 2. The third-order valence-corrected chi connectivity index (χ3v) is 3.99. The molecule has 1 unspecified atom stereocenters. The van der Waals surface area contributed by atoms with E-state index in [2.05, 4.69) is 11.9 Å². The van der Waals surface area contributed by atoms with Gasteiger partial charge < -0.3 is 10.4 Å². The SMILES string of the molecule is C=C(SCC(C)C(=O)O)SC(=S)NC. The summed E-state index contributed by atoms with van der Waals surface area (Å²) >= 11 is 7.69. The zero-order valence-corrected chi connectivity index (χ0v) is 10.5. The van der Waals surface area contributed by atoms with Crippen molar-refractivity contribution in [3.05, 3.63) is 10.8 Å². The molecule has 0 bridgehead atoms. The Morgan fingerprint density at radius 1 is 1.71 bits per heavy atom. The predicted molar refractivity (Wildman–Crippen MR) is 67.6 cm³/mol. The molecule has 14 heavy (non-hydrogen) atoms. The van der Waals surface area contributed by atoms with Crippen LogP contribution in [-0.2, 0) is 4.79 Å². The highest BCUT2D eigenvalue weighted by atomic mass is 32.2. The van der Waals surface area contributed by atoms with E-state index in [1.807, 2.05) is 0 Å². The molecule has 0 saturated heterocycles. The fraction of sp³-hybridized carbons (Fsp3) is 0.500. The van der Waals surface area contributed by atoms with Gasteiger partial charge in [-0.05, 0) is 0 Å². The van der Waals surface area contributed by atoms with Gasteiger partial charge >= 0.3 is 5.97 Å². The summed E-state index contributed by atoms with van der Waals surface area (Å²) in [5, 5.41) is 11.4. The van der Waals surface area contributed by atoms with E-state index in [-0.39, 0.29) is 5.92 Å². The van der Waals surface area contributed by atoms with Crippen LogP contribution in [0.5, 0.6) is 0 Å². The van der Waals surface area contributed by atoms with Gasteiger partial charge in [0.05, 0.1) is 5.92 Å². The molecule has 6 heteroatoms. The van der Waals surface area contributed by atoms with Gasteiger partial charge in [-0.1, -0.05) is 37.5 Å². The van der Waals surface area contributed by atoms with Crippen LogP contribution < -0.4 is 5.32 Å². The lowest BCUT2D eigenvalue weighted by atomic mass is 10.2. The number of thioether (sulfide) groups is 2. The highest BCUT2D eigenvalue weighted by molar-refractivity contribution is 8.34. The molecular formula is C8H13NO2S3. The second-order valence-electron chi connectivity index (χ2n) is 2.56. The highest BCUT2D eigenvalue weighted by Gasteiger charge is 2.11. The molecule has 80 valence electrons. The molecule has 0 heterocycles. The van der Waals surface area contributed by atoms with Crippen molar-refractivity contribution in [1.29, 1.82) is 0 Å². The van der Waals surface area contributed by atoms with Crippen LogP contribution in [0.15, 0.2) is 10.8 Å². The third-order valence-electron chi connectivity index (χ3n) is 1.33. The average molecular weight is 251 g/mol. The van der Waals surface area contributed by atoms with Crippen molar-refractivity contribution in [2.24, 2.45) is 5.92 Å². The molecule has 0 aromatic rings. The van der Waals surface area contributed by atoms with Crippen molar-refractivity contribution in [3.63, 3.8) is 0 Å². The first-order valence-electron chi connectivity index (χ1n) is 3.91. The molecule has 3 nitrogen and oxygen atoms in total. The largest absolute Gasteiger partial charge is 0.481 e.